The average molecular weight is 327 g/mol. The van der Waals surface area contributed by atoms with Crippen molar-refractivity contribution in [3.8, 4) is 0 Å². The van der Waals surface area contributed by atoms with E-state index in [1.807, 2.05) is 6.26 Å². The van der Waals surface area contributed by atoms with Crippen molar-refractivity contribution < 1.29 is 12.8 Å². The van der Waals surface area contributed by atoms with Gasteiger partial charge in [0.05, 0.1) is 9.92 Å². The minimum absolute atomic E-state index is 0.0222. The second-order valence-corrected chi connectivity index (χ2v) is 6.96. The molecule has 0 aromatic heterocycles. The van der Waals surface area contributed by atoms with Gasteiger partial charge in [0.15, 0.2) is 0 Å². The molecular formula is C11H16ClFN2O2S2. The van der Waals surface area contributed by atoms with E-state index in [1.165, 1.54) is 6.07 Å². The number of thioether (sulfide) groups is 1. The number of hydrogen-bond donors (Lipinski definition) is 2. The van der Waals surface area contributed by atoms with E-state index in [9.17, 15) is 12.8 Å². The summed E-state index contributed by atoms with van der Waals surface area (Å²) >= 11 is 7.32. The van der Waals surface area contributed by atoms with Crippen LogP contribution < -0.4 is 10.5 Å². The zero-order valence-corrected chi connectivity index (χ0v) is 12.8. The van der Waals surface area contributed by atoms with Gasteiger partial charge in [-0.3, -0.25) is 0 Å². The summed E-state index contributed by atoms with van der Waals surface area (Å²) in [4.78, 5) is -0.154. The van der Waals surface area contributed by atoms with Crippen molar-refractivity contribution >= 4 is 33.4 Å². The van der Waals surface area contributed by atoms with Crippen molar-refractivity contribution in [2.45, 2.75) is 17.9 Å². The lowest BCUT2D eigenvalue weighted by Gasteiger charge is -2.09. The molecule has 0 aliphatic heterocycles. The Morgan fingerprint density at radius 2 is 2.16 bits per heavy atom. The van der Waals surface area contributed by atoms with E-state index in [1.54, 1.807) is 11.8 Å². The summed E-state index contributed by atoms with van der Waals surface area (Å²) in [7, 11) is -3.73. The Kier molecular flexibility index (Phi) is 6.55. The first kappa shape index (κ1) is 16.7. The maximum atomic E-state index is 13.5. The Morgan fingerprint density at radius 3 is 2.74 bits per heavy atom. The number of halogens is 2. The van der Waals surface area contributed by atoms with Crippen molar-refractivity contribution in [2.75, 3.05) is 18.6 Å². The molecule has 0 spiro atoms. The molecule has 1 rings (SSSR count). The van der Waals surface area contributed by atoms with Crippen LogP contribution in [0, 0.1) is 5.82 Å². The standard InChI is InChI=1S/C11H16ClFN2O2S2/c1-18-4-2-3-15-19(16,17)9-5-8(7-14)11(12)10(13)6-9/h5-6,15H,2-4,7,14H2,1H3. The lowest BCUT2D eigenvalue weighted by molar-refractivity contribution is 0.576. The summed E-state index contributed by atoms with van der Waals surface area (Å²) in [5.41, 5.74) is 5.67. The van der Waals surface area contributed by atoms with Gasteiger partial charge in [0.25, 0.3) is 0 Å². The SMILES string of the molecule is CSCCCNS(=O)(=O)c1cc(F)c(Cl)c(CN)c1. The minimum atomic E-state index is -3.73. The van der Waals surface area contributed by atoms with Crippen LogP contribution in [-0.4, -0.2) is 27.0 Å². The largest absolute Gasteiger partial charge is 0.326 e. The molecule has 1 aromatic rings. The monoisotopic (exact) mass is 326 g/mol. The molecule has 19 heavy (non-hydrogen) atoms. The summed E-state index contributed by atoms with van der Waals surface area (Å²) in [6, 6.07) is 2.20. The molecule has 0 saturated heterocycles. The number of rotatable bonds is 7. The van der Waals surface area contributed by atoms with E-state index < -0.39 is 15.8 Å². The molecule has 0 amide bonds. The molecular weight excluding hydrogens is 311 g/mol. The average Bonchev–Trinajstić information content (AvgIpc) is 2.37. The van der Waals surface area contributed by atoms with Gasteiger partial charge in [-0.1, -0.05) is 11.6 Å². The van der Waals surface area contributed by atoms with Crippen molar-refractivity contribution in [2.24, 2.45) is 5.73 Å². The van der Waals surface area contributed by atoms with E-state index in [0.717, 1.165) is 11.8 Å². The smallest absolute Gasteiger partial charge is 0.240 e. The fraction of sp³-hybridized carbons (Fsp3) is 0.455. The van der Waals surface area contributed by atoms with Crippen LogP contribution in [0.5, 0.6) is 0 Å². The number of sulfonamides is 1. The molecule has 0 bridgehead atoms. The van der Waals surface area contributed by atoms with Crippen LogP contribution in [0.4, 0.5) is 4.39 Å². The highest BCUT2D eigenvalue weighted by Gasteiger charge is 2.18. The molecule has 0 unspecified atom stereocenters. The topological polar surface area (TPSA) is 72.2 Å². The Hall–Kier alpha value is -0.340. The Labute approximate surface area is 121 Å². The predicted molar refractivity (Wildman–Crippen MR) is 77.5 cm³/mol. The molecule has 0 atom stereocenters. The van der Waals surface area contributed by atoms with Gasteiger partial charge in [-0.2, -0.15) is 11.8 Å². The van der Waals surface area contributed by atoms with E-state index in [-0.39, 0.29) is 22.0 Å². The van der Waals surface area contributed by atoms with Gasteiger partial charge < -0.3 is 5.73 Å². The van der Waals surface area contributed by atoms with Gasteiger partial charge in [0.2, 0.25) is 10.0 Å². The molecule has 8 heteroatoms. The quantitative estimate of drug-likeness (QED) is 0.751. The zero-order valence-electron chi connectivity index (χ0n) is 10.4. The fourth-order valence-electron chi connectivity index (χ4n) is 1.43. The fourth-order valence-corrected chi connectivity index (χ4v) is 3.18. The van der Waals surface area contributed by atoms with Gasteiger partial charge >= 0.3 is 0 Å². The molecule has 1 aromatic carbocycles. The lowest BCUT2D eigenvalue weighted by Crippen LogP contribution is -2.25. The molecule has 0 aliphatic rings. The molecule has 0 heterocycles. The molecule has 0 saturated carbocycles. The number of nitrogens with one attached hydrogen (secondary N) is 1. The third-order valence-electron chi connectivity index (χ3n) is 2.42. The van der Waals surface area contributed by atoms with Crippen LogP contribution >= 0.6 is 23.4 Å². The van der Waals surface area contributed by atoms with E-state index in [0.29, 0.717) is 13.0 Å². The summed E-state index contributed by atoms with van der Waals surface area (Å²) in [5.74, 6) is 0.0695. The predicted octanol–water partition coefficient (Wildman–Crippen LogP) is 1.97. The molecule has 3 N–H and O–H groups in total. The summed E-state index contributed by atoms with van der Waals surface area (Å²) in [6.45, 7) is 0.289. The van der Waals surface area contributed by atoms with Crippen LogP contribution in [0.15, 0.2) is 17.0 Å². The van der Waals surface area contributed by atoms with E-state index in [4.69, 9.17) is 17.3 Å². The second-order valence-electron chi connectivity index (χ2n) is 3.83. The maximum absolute atomic E-state index is 13.5. The molecule has 4 nitrogen and oxygen atoms in total. The minimum Gasteiger partial charge on any atom is -0.326 e. The summed E-state index contributed by atoms with van der Waals surface area (Å²) in [6.07, 6.45) is 2.65. The Morgan fingerprint density at radius 1 is 1.47 bits per heavy atom. The van der Waals surface area contributed by atoms with E-state index in [2.05, 4.69) is 4.72 Å². The first-order valence-corrected chi connectivity index (χ1v) is 8.84. The highest BCUT2D eigenvalue weighted by molar-refractivity contribution is 7.98. The summed E-state index contributed by atoms with van der Waals surface area (Å²) in [5, 5.41) is -0.135. The third kappa shape index (κ3) is 4.61. The maximum Gasteiger partial charge on any atom is 0.240 e. The van der Waals surface area contributed by atoms with Gasteiger partial charge in [-0.15, -0.1) is 0 Å². The zero-order chi connectivity index (χ0) is 14.5. The normalized spacial score (nSPS) is 11.8. The first-order valence-electron chi connectivity index (χ1n) is 5.59. The van der Waals surface area contributed by atoms with Crippen LogP contribution in [0.2, 0.25) is 5.02 Å². The van der Waals surface area contributed by atoms with E-state index >= 15 is 0 Å². The molecule has 0 radical (unpaired) electrons. The lowest BCUT2D eigenvalue weighted by atomic mass is 10.2. The van der Waals surface area contributed by atoms with Crippen molar-refractivity contribution in [1.29, 1.82) is 0 Å². The van der Waals surface area contributed by atoms with Gasteiger partial charge in [-0.25, -0.2) is 17.5 Å². The Balaban J connectivity index is 2.92. The van der Waals surface area contributed by atoms with Gasteiger partial charge in [-0.05, 0) is 36.1 Å². The molecule has 108 valence electrons. The Bertz CT molecular complexity index is 538. The second kappa shape index (κ2) is 7.44. The number of benzene rings is 1. The highest BCUT2D eigenvalue weighted by atomic mass is 35.5. The summed E-state index contributed by atoms with van der Waals surface area (Å²) < 4.78 is 39.9. The van der Waals surface area contributed by atoms with Crippen LogP contribution in [-0.2, 0) is 16.6 Å². The van der Waals surface area contributed by atoms with Gasteiger partial charge in [0, 0.05) is 13.1 Å². The van der Waals surface area contributed by atoms with Crippen LogP contribution in [0.1, 0.15) is 12.0 Å². The third-order valence-corrected chi connectivity index (χ3v) is 4.99. The molecule has 0 aliphatic carbocycles. The highest BCUT2D eigenvalue weighted by Crippen LogP contribution is 2.24. The first-order chi connectivity index (χ1) is 8.92. The van der Waals surface area contributed by atoms with Crippen molar-refractivity contribution in [1.82, 2.24) is 4.72 Å². The van der Waals surface area contributed by atoms with Gasteiger partial charge in [0.1, 0.15) is 5.82 Å². The van der Waals surface area contributed by atoms with Crippen LogP contribution in [0.3, 0.4) is 0 Å². The van der Waals surface area contributed by atoms with Crippen LogP contribution in [0.25, 0.3) is 0 Å². The molecule has 0 fully saturated rings. The number of nitrogens with two attached hydrogens (primary N) is 1. The van der Waals surface area contributed by atoms with Crippen molar-refractivity contribution in [3.05, 3.63) is 28.5 Å². The van der Waals surface area contributed by atoms with Crippen molar-refractivity contribution in [3.63, 3.8) is 0 Å². The number of hydrogen-bond acceptors (Lipinski definition) is 4.